The van der Waals surface area contributed by atoms with Crippen LogP contribution in [0.25, 0.3) is 11.0 Å². The van der Waals surface area contributed by atoms with Gasteiger partial charge in [-0.2, -0.15) is 10.1 Å². The quantitative estimate of drug-likeness (QED) is 0.682. The molecular weight excluding hydrogens is 342 g/mol. The van der Waals surface area contributed by atoms with Crippen LogP contribution >= 0.6 is 11.6 Å². The van der Waals surface area contributed by atoms with Gasteiger partial charge in [-0.25, -0.2) is 4.68 Å². The van der Waals surface area contributed by atoms with Gasteiger partial charge in [-0.15, -0.1) is 0 Å². The Morgan fingerprint density at radius 1 is 1.28 bits per heavy atom. The third kappa shape index (κ3) is 3.93. The van der Waals surface area contributed by atoms with E-state index in [0.717, 1.165) is 5.75 Å². The number of halogens is 1. The van der Waals surface area contributed by atoms with Crippen molar-refractivity contribution in [1.82, 2.24) is 19.7 Å². The second-order valence-electron chi connectivity index (χ2n) is 6.61. The SMILES string of the molecule is CC(C)(C)n1ncc2c(=O)[nH]c(NCCOc3ccc(Cl)cc3)nc21. The Morgan fingerprint density at radius 2 is 2.00 bits per heavy atom. The number of H-pyrrole nitrogens is 1. The molecule has 8 heteroatoms. The predicted octanol–water partition coefficient (Wildman–Crippen LogP) is 3.02. The maximum Gasteiger partial charge on any atom is 0.263 e. The third-order valence-corrected chi connectivity index (χ3v) is 3.80. The van der Waals surface area contributed by atoms with E-state index in [1.807, 2.05) is 20.8 Å². The molecule has 0 spiro atoms. The van der Waals surface area contributed by atoms with Crippen LogP contribution in [0.2, 0.25) is 5.02 Å². The van der Waals surface area contributed by atoms with Crippen LogP contribution in [-0.4, -0.2) is 32.9 Å². The zero-order valence-corrected chi connectivity index (χ0v) is 15.1. The highest BCUT2D eigenvalue weighted by molar-refractivity contribution is 6.30. The molecule has 3 rings (SSSR count). The Morgan fingerprint density at radius 3 is 2.68 bits per heavy atom. The van der Waals surface area contributed by atoms with E-state index in [0.29, 0.717) is 35.2 Å². The second-order valence-corrected chi connectivity index (χ2v) is 7.04. The molecule has 0 aliphatic carbocycles. The van der Waals surface area contributed by atoms with Crippen LogP contribution in [0.4, 0.5) is 5.95 Å². The van der Waals surface area contributed by atoms with Crippen molar-refractivity contribution in [3.8, 4) is 5.75 Å². The minimum Gasteiger partial charge on any atom is -0.492 e. The van der Waals surface area contributed by atoms with Gasteiger partial charge in [0.15, 0.2) is 5.65 Å². The Balaban J connectivity index is 1.69. The normalized spacial score (nSPS) is 11.7. The molecule has 0 atom stereocenters. The van der Waals surface area contributed by atoms with Gasteiger partial charge in [0, 0.05) is 5.02 Å². The van der Waals surface area contributed by atoms with Gasteiger partial charge in [-0.1, -0.05) is 11.6 Å². The molecule has 0 bridgehead atoms. The zero-order valence-electron chi connectivity index (χ0n) is 14.3. The van der Waals surface area contributed by atoms with Gasteiger partial charge in [0.2, 0.25) is 5.95 Å². The van der Waals surface area contributed by atoms with Gasteiger partial charge in [-0.05, 0) is 45.0 Å². The monoisotopic (exact) mass is 361 g/mol. The number of nitrogens with one attached hydrogen (secondary N) is 2. The topological polar surface area (TPSA) is 84.8 Å². The molecule has 1 aromatic carbocycles. The molecule has 0 saturated heterocycles. The highest BCUT2D eigenvalue weighted by Gasteiger charge is 2.19. The molecule has 2 N–H and O–H groups in total. The van der Waals surface area contributed by atoms with E-state index in [9.17, 15) is 4.79 Å². The lowest BCUT2D eigenvalue weighted by Crippen LogP contribution is -2.24. The number of rotatable bonds is 5. The number of anilines is 1. The van der Waals surface area contributed by atoms with Gasteiger partial charge in [-0.3, -0.25) is 9.78 Å². The van der Waals surface area contributed by atoms with Crippen LogP contribution in [0.5, 0.6) is 5.75 Å². The van der Waals surface area contributed by atoms with Crippen LogP contribution in [0.15, 0.2) is 35.3 Å². The maximum absolute atomic E-state index is 12.2. The summed E-state index contributed by atoms with van der Waals surface area (Å²) in [5, 5.41) is 8.48. The summed E-state index contributed by atoms with van der Waals surface area (Å²) in [5.74, 6) is 1.12. The Labute approximate surface area is 150 Å². The van der Waals surface area contributed by atoms with E-state index >= 15 is 0 Å². The smallest absolute Gasteiger partial charge is 0.263 e. The summed E-state index contributed by atoms with van der Waals surface area (Å²) in [7, 11) is 0. The number of fused-ring (bicyclic) bond motifs is 1. The molecule has 0 fully saturated rings. The minimum atomic E-state index is -0.266. The standard InChI is InChI=1S/C17H20ClN5O2/c1-17(2,3)23-14-13(10-20-23)15(24)22-16(21-14)19-8-9-25-12-6-4-11(18)5-7-12/h4-7,10H,8-9H2,1-3H3,(H2,19,21,22,24). The number of nitrogens with zero attached hydrogens (tertiary/aromatic N) is 3. The van der Waals surface area contributed by atoms with Crippen molar-refractivity contribution >= 4 is 28.6 Å². The highest BCUT2D eigenvalue weighted by Crippen LogP contribution is 2.19. The average Bonchev–Trinajstić information content (AvgIpc) is 2.98. The van der Waals surface area contributed by atoms with Gasteiger partial charge >= 0.3 is 0 Å². The maximum atomic E-state index is 12.2. The number of ether oxygens (including phenoxy) is 1. The second kappa shape index (κ2) is 6.76. The average molecular weight is 362 g/mol. The fourth-order valence-electron chi connectivity index (χ4n) is 2.36. The molecule has 0 aliphatic rings. The van der Waals surface area contributed by atoms with E-state index in [1.165, 1.54) is 0 Å². The van der Waals surface area contributed by atoms with Crippen molar-refractivity contribution in [3.63, 3.8) is 0 Å². The number of hydrogen-bond donors (Lipinski definition) is 2. The predicted molar refractivity (Wildman–Crippen MR) is 98.6 cm³/mol. The zero-order chi connectivity index (χ0) is 18.0. The van der Waals surface area contributed by atoms with E-state index in [-0.39, 0.29) is 11.1 Å². The summed E-state index contributed by atoms with van der Waals surface area (Å²) < 4.78 is 7.35. The molecule has 3 aromatic rings. The summed E-state index contributed by atoms with van der Waals surface area (Å²) in [4.78, 5) is 19.4. The van der Waals surface area contributed by atoms with Crippen molar-refractivity contribution in [1.29, 1.82) is 0 Å². The van der Waals surface area contributed by atoms with Crippen molar-refractivity contribution < 1.29 is 4.74 Å². The number of aromatic nitrogens is 4. The lowest BCUT2D eigenvalue weighted by atomic mass is 10.1. The molecule has 2 heterocycles. The molecule has 0 amide bonds. The van der Waals surface area contributed by atoms with Gasteiger partial charge in [0.25, 0.3) is 5.56 Å². The minimum absolute atomic E-state index is 0.221. The molecule has 0 aliphatic heterocycles. The highest BCUT2D eigenvalue weighted by atomic mass is 35.5. The fourth-order valence-corrected chi connectivity index (χ4v) is 2.49. The molecule has 0 radical (unpaired) electrons. The van der Waals surface area contributed by atoms with E-state index < -0.39 is 0 Å². The van der Waals surface area contributed by atoms with Crippen LogP contribution in [-0.2, 0) is 5.54 Å². The van der Waals surface area contributed by atoms with Crippen LogP contribution in [0.3, 0.4) is 0 Å². The van der Waals surface area contributed by atoms with Crippen molar-refractivity contribution in [2.75, 3.05) is 18.5 Å². The molecule has 132 valence electrons. The largest absolute Gasteiger partial charge is 0.492 e. The Bertz CT molecular complexity index is 925. The summed E-state index contributed by atoms with van der Waals surface area (Å²) in [5.41, 5.74) is 0.0660. The first-order valence-electron chi connectivity index (χ1n) is 7.95. The summed E-state index contributed by atoms with van der Waals surface area (Å²) in [6.45, 7) is 6.93. The lowest BCUT2D eigenvalue weighted by molar-refractivity contribution is 0.332. The van der Waals surface area contributed by atoms with Crippen molar-refractivity contribution in [2.24, 2.45) is 0 Å². The molecular formula is C17H20ClN5O2. The van der Waals surface area contributed by atoms with Crippen LogP contribution in [0, 0.1) is 0 Å². The summed E-state index contributed by atoms with van der Waals surface area (Å²) >= 11 is 5.83. The van der Waals surface area contributed by atoms with Crippen molar-refractivity contribution in [2.45, 2.75) is 26.3 Å². The molecule has 7 nitrogen and oxygen atoms in total. The molecule has 2 aromatic heterocycles. The molecule has 0 saturated carbocycles. The third-order valence-electron chi connectivity index (χ3n) is 3.55. The van der Waals surface area contributed by atoms with Crippen molar-refractivity contribution in [3.05, 3.63) is 45.8 Å². The van der Waals surface area contributed by atoms with E-state index in [1.54, 1.807) is 35.1 Å². The van der Waals surface area contributed by atoms with Crippen LogP contribution < -0.4 is 15.6 Å². The first-order valence-corrected chi connectivity index (χ1v) is 8.33. The Hall–Kier alpha value is -2.54. The van der Waals surface area contributed by atoms with E-state index in [4.69, 9.17) is 16.3 Å². The van der Waals surface area contributed by atoms with Gasteiger partial charge < -0.3 is 10.1 Å². The number of benzene rings is 1. The first-order chi connectivity index (χ1) is 11.8. The van der Waals surface area contributed by atoms with Crippen LogP contribution in [0.1, 0.15) is 20.8 Å². The lowest BCUT2D eigenvalue weighted by Gasteiger charge is -2.19. The van der Waals surface area contributed by atoms with E-state index in [2.05, 4.69) is 20.4 Å². The number of aromatic amines is 1. The molecule has 25 heavy (non-hydrogen) atoms. The summed E-state index contributed by atoms with van der Waals surface area (Å²) in [6.07, 6.45) is 1.54. The number of hydrogen-bond acceptors (Lipinski definition) is 5. The Kier molecular flexibility index (Phi) is 4.67. The molecule has 0 unspecified atom stereocenters. The summed E-state index contributed by atoms with van der Waals surface area (Å²) in [6, 6.07) is 7.14. The van der Waals surface area contributed by atoms with Gasteiger partial charge in [0.1, 0.15) is 17.7 Å². The first kappa shape index (κ1) is 17.3. The van der Waals surface area contributed by atoms with Gasteiger partial charge in [0.05, 0.1) is 18.3 Å². The fraction of sp³-hybridized carbons (Fsp3) is 0.353.